The number of carboxylic acids is 1. The zero-order valence-electron chi connectivity index (χ0n) is 11.5. The highest BCUT2D eigenvalue weighted by atomic mass is 32.2. The van der Waals surface area contributed by atoms with Crippen molar-refractivity contribution in [3.63, 3.8) is 0 Å². The first-order chi connectivity index (χ1) is 8.82. The molecule has 6 heteroatoms. The molecule has 0 aliphatic heterocycles. The van der Waals surface area contributed by atoms with Crippen LogP contribution in [0.4, 0.5) is 0 Å². The minimum atomic E-state index is -0.850. The van der Waals surface area contributed by atoms with Crippen LogP contribution in [0.3, 0.4) is 0 Å². The Labute approximate surface area is 117 Å². The van der Waals surface area contributed by atoms with Gasteiger partial charge in [0, 0.05) is 25.2 Å². The van der Waals surface area contributed by atoms with Gasteiger partial charge in [-0.1, -0.05) is 13.8 Å². The number of carbonyl (C=O) groups is 2. The van der Waals surface area contributed by atoms with Crippen molar-refractivity contribution in [2.45, 2.75) is 24.0 Å². The van der Waals surface area contributed by atoms with E-state index in [1.165, 1.54) is 22.9 Å². The molecule has 1 aromatic rings. The van der Waals surface area contributed by atoms with E-state index in [1.54, 1.807) is 26.2 Å². The molecule has 5 nitrogen and oxygen atoms in total. The number of hydrogen-bond donors (Lipinski definition) is 1. The summed E-state index contributed by atoms with van der Waals surface area (Å²) in [5.41, 5.74) is 0.322. The summed E-state index contributed by atoms with van der Waals surface area (Å²) in [5, 5.41) is 8.62. The van der Waals surface area contributed by atoms with E-state index in [2.05, 4.69) is 4.98 Å². The number of aliphatic carboxylic acids is 1. The van der Waals surface area contributed by atoms with Crippen molar-refractivity contribution in [2.75, 3.05) is 14.1 Å². The first-order valence-corrected chi connectivity index (χ1v) is 6.78. The average molecular weight is 282 g/mol. The smallest absolute Gasteiger partial charge is 0.317 e. The monoisotopic (exact) mass is 282 g/mol. The fraction of sp³-hybridized carbons (Fsp3) is 0.462. The highest BCUT2D eigenvalue weighted by molar-refractivity contribution is 8.00. The van der Waals surface area contributed by atoms with Crippen molar-refractivity contribution in [3.8, 4) is 0 Å². The second kappa shape index (κ2) is 6.56. The molecule has 1 N–H and O–H groups in total. The Hall–Kier alpha value is -1.56. The van der Waals surface area contributed by atoms with Crippen LogP contribution in [0.1, 0.15) is 24.3 Å². The number of rotatable bonds is 5. The number of carbonyl (C=O) groups excluding carboxylic acids is 1. The van der Waals surface area contributed by atoms with Gasteiger partial charge in [-0.15, -0.1) is 11.8 Å². The molecule has 0 saturated heterocycles. The predicted molar refractivity (Wildman–Crippen MR) is 74.4 cm³/mol. The number of amides is 1. The molecule has 0 bridgehead atoms. The molecule has 104 valence electrons. The standard InChI is InChI=1S/C13H18N2O3S/c1-8(2)11(13(17)18)19-9-5-6-14-10(7-9)12(16)15(3)4/h5-8,11H,1-4H3,(H,17,18). The summed E-state index contributed by atoms with van der Waals surface area (Å²) in [6.45, 7) is 3.72. The molecule has 1 heterocycles. The summed E-state index contributed by atoms with van der Waals surface area (Å²) < 4.78 is 0. The van der Waals surface area contributed by atoms with Gasteiger partial charge >= 0.3 is 5.97 Å². The summed E-state index contributed by atoms with van der Waals surface area (Å²) in [6, 6.07) is 3.35. The minimum absolute atomic E-state index is 0.00339. The summed E-state index contributed by atoms with van der Waals surface area (Å²) >= 11 is 1.24. The quantitative estimate of drug-likeness (QED) is 0.836. The number of pyridine rings is 1. The maximum absolute atomic E-state index is 11.8. The Morgan fingerprint density at radius 1 is 1.37 bits per heavy atom. The lowest BCUT2D eigenvalue weighted by atomic mass is 10.1. The van der Waals surface area contributed by atoms with Crippen molar-refractivity contribution in [1.29, 1.82) is 0 Å². The lowest BCUT2D eigenvalue weighted by Gasteiger charge is -2.16. The first kappa shape index (κ1) is 15.5. The molecule has 0 aliphatic carbocycles. The van der Waals surface area contributed by atoms with Crippen LogP contribution < -0.4 is 0 Å². The van der Waals surface area contributed by atoms with Crippen molar-refractivity contribution < 1.29 is 14.7 Å². The van der Waals surface area contributed by atoms with Crippen LogP contribution in [0.2, 0.25) is 0 Å². The molecular weight excluding hydrogens is 264 g/mol. The molecule has 19 heavy (non-hydrogen) atoms. The molecule has 0 spiro atoms. The fourth-order valence-electron chi connectivity index (χ4n) is 1.45. The van der Waals surface area contributed by atoms with Gasteiger partial charge in [-0.3, -0.25) is 14.6 Å². The first-order valence-electron chi connectivity index (χ1n) is 5.90. The Kier molecular flexibility index (Phi) is 5.35. The number of nitrogens with zero attached hydrogens (tertiary/aromatic N) is 2. The van der Waals surface area contributed by atoms with E-state index in [9.17, 15) is 9.59 Å². The molecule has 1 rings (SSSR count). The van der Waals surface area contributed by atoms with Crippen molar-refractivity contribution in [2.24, 2.45) is 5.92 Å². The average Bonchev–Trinajstić information content (AvgIpc) is 2.34. The molecule has 1 unspecified atom stereocenters. The highest BCUT2D eigenvalue weighted by Gasteiger charge is 2.23. The maximum Gasteiger partial charge on any atom is 0.317 e. The molecular formula is C13H18N2O3S. The van der Waals surface area contributed by atoms with Gasteiger partial charge in [0.1, 0.15) is 10.9 Å². The van der Waals surface area contributed by atoms with Gasteiger partial charge in [0.25, 0.3) is 5.91 Å². The van der Waals surface area contributed by atoms with Crippen LogP contribution >= 0.6 is 11.8 Å². The van der Waals surface area contributed by atoms with E-state index in [0.717, 1.165) is 4.90 Å². The lowest BCUT2D eigenvalue weighted by Crippen LogP contribution is -2.23. The molecule has 0 aromatic carbocycles. The van der Waals surface area contributed by atoms with Crippen LogP contribution in [0.15, 0.2) is 23.2 Å². The SMILES string of the molecule is CC(C)C(Sc1ccnc(C(=O)N(C)C)c1)C(=O)O. The number of carboxylic acid groups (broad SMARTS) is 1. The summed E-state index contributed by atoms with van der Waals surface area (Å²) in [5.74, 6) is -1.04. The van der Waals surface area contributed by atoms with Gasteiger partial charge in [0.05, 0.1) is 0 Å². The zero-order valence-corrected chi connectivity index (χ0v) is 12.3. The third-order valence-corrected chi connectivity index (χ3v) is 3.99. The van der Waals surface area contributed by atoms with E-state index in [4.69, 9.17) is 5.11 Å². The van der Waals surface area contributed by atoms with E-state index in [1.807, 2.05) is 13.8 Å². The van der Waals surface area contributed by atoms with Crippen LogP contribution in [0, 0.1) is 5.92 Å². The second-order valence-electron chi connectivity index (χ2n) is 4.70. The van der Waals surface area contributed by atoms with Crippen molar-refractivity contribution in [3.05, 3.63) is 24.0 Å². The predicted octanol–water partition coefficient (Wildman–Crippen LogP) is 1.98. The van der Waals surface area contributed by atoms with Crippen LogP contribution in [0.5, 0.6) is 0 Å². The van der Waals surface area contributed by atoms with E-state index in [0.29, 0.717) is 5.69 Å². The van der Waals surface area contributed by atoms with Crippen molar-refractivity contribution in [1.82, 2.24) is 9.88 Å². The third kappa shape index (κ3) is 4.24. The molecule has 0 fully saturated rings. The van der Waals surface area contributed by atoms with Gasteiger partial charge < -0.3 is 10.0 Å². The molecule has 1 amide bonds. The largest absolute Gasteiger partial charge is 0.480 e. The van der Waals surface area contributed by atoms with Gasteiger partial charge in [-0.25, -0.2) is 0 Å². The summed E-state index contributed by atoms with van der Waals surface area (Å²) in [4.78, 5) is 29.1. The topological polar surface area (TPSA) is 70.5 Å². The minimum Gasteiger partial charge on any atom is -0.480 e. The Morgan fingerprint density at radius 2 is 2.00 bits per heavy atom. The van der Waals surface area contributed by atoms with Gasteiger partial charge in [0.2, 0.25) is 0 Å². The third-order valence-electron chi connectivity index (χ3n) is 2.47. The summed E-state index contributed by atoms with van der Waals surface area (Å²) in [6.07, 6.45) is 1.53. The lowest BCUT2D eigenvalue weighted by molar-refractivity contribution is -0.137. The number of aromatic nitrogens is 1. The Bertz CT molecular complexity index is 475. The maximum atomic E-state index is 11.8. The zero-order chi connectivity index (χ0) is 14.6. The molecule has 1 aromatic heterocycles. The van der Waals surface area contributed by atoms with Gasteiger partial charge in [0.15, 0.2) is 0 Å². The van der Waals surface area contributed by atoms with Gasteiger partial charge in [-0.05, 0) is 18.1 Å². The van der Waals surface area contributed by atoms with E-state index < -0.39 is 11.2 Å². The Morgan fingerprint density at radius 3 is 2.47 bits per heavy atom. The van der Waals surface area contributed by atoms with Crippen LogP contribution in [0.25, 0.3) is 0 Å². The molecule has 0 aliphatic rings. The van der Waals surface area contributed by atoms with E-state index >= 15 is 0 Å². The summed E-state index contributed by atoms with van der Waals surface area (Å²) in [7, 11) is 3.30. The molecule has 0 radical (unpaired) electrons. The second-order valence-corrected chi connectivity index (χ2v) is 5.91. The normalized spacial score (nSPS) is 12.3. The van der Waals surface area contributed by atoms with Gasteiger partial charge in [-0.2, -0.15) is 0 Å². The molecule has 0 saturated carbocycles. The van der Waals surface area contributed by atoms with Crippen LogP contribution in [-0.4, -0.2) is 46.2 Å². The highest BCUT2D eigenvalue weighted by Crippen LogP contribution is 2.28. The number of thioether (sulfide) groups is 1. The molecule has 1 atom stereocenters. The van der Waals surface area contributed by atoms with Crippen molar-refractivity contribution >= 4 is 23.6 Å². The van der Waals surface area contributed by atoms with E-state index in [-0.39, 0.29) is 11.8 Å². The number of hydrogen-bond acceptors (Lipinski definition) is 4. The fourth-order valence-corrected chi connectivity index (χ4v) is 2.43. The Balaban J connectivity index is 2.93. The van der Waals surface area contributed by atoms with Crippen LogP contribution in [-0.2, 0) is 4.79 Å².